The molecule has 2 nitrogen and oxygen atoms in total. The number of rotatable bonds is 2. The fraction of sp³-hybridized carbons (Fsp3) is 0.667. The lowest BCUT2D eigenvalue weighted by Crippen LogP contribution is -2.04. The molecule has 0 saturated heterocycles. The molecule has 0 amide bonds. The van der Waals surface area contributed by atoms with Gasteiger partial charge in [-0.25, -0.2) is 9.97 Å². The second-order valence-electron chi connectivity index (χ2n) is 4.59. The summed E-state index contributed by atoms with van der Waals surface area (Å²) in [6, 6.07) is 0. The van der Waals surface area contributed by atoms with E-state index in [1.165, 1.54) is 24.8 Å². The Kier molecular flexibility index (Phi) is 3.39. The molecular formula is C12H17BrN2. The Morgan fingerprint density at radius 2 is 2.27 bits per heavy atom. The summed E-state index contributed by atoms with van der Waals surface area (Å²) in [6.07, 6.45) is 5.81. The molecule has 1 saturated carbocycles. The van der Waals surface area contributed by atoms with E-state index in [9.17, 15) is 0 Å². The van der Waals surface area contributed by atoms with Gasteiger partial charge in [-0.05, 0) is 32.1 Å². The van der Waals surface area contributed by atoms with Crippen LogP contribution in [0, 0.1) is 12.8 Å². The number of hydrogen-bond acceptors (Lipinski definition) is 2. The number of hydrogen-bond donors (Lipinski definition) is 0. The summed E-state index contributed by atoms with van der Waals surface area (Å²) >= 11 is 3.45. The van der Waals surface area contributed by atoms with Crippen LogP contribution in [0.1, 0.15) is 49.2 Å². The van der Waals surface area contributed by atoms with Crippen molar-refractivity contribution in [1.82, 2.24) is 9.97 Å². The van der Waals surface area contributed by atoms with E-state index in [0.717, 1.165) is 22.8 Å². The molecule has 1 fully saturated rings. The minimum atomic E-state index is 0.600. The van der Waals surface area contributed by atoms with Crippen LogP contribution in [-0.4, -0.2) is 9.97 Å². The van der Waals surface area contributed by atoms with Gasteiger partial charge in [0, 0.05) is 28.7 Å². The van der Waals surface area contributed by atoms with Crippen molar-refractivity contribution in [3.8, 4) is 0 Å². The first-order valence-electron chi connectivity index (χ1n) is 5.59. The van der Waals surface area contributed by atoms with Crippen molar-refractivity contribution in [1.29, 1.82) is 0 Å². The summed E-state index contributed by atoms with van der Waals surface area (Å²) in [5.74, 6) is 2.50. The summed E-state index contributed by atoms with van der Waals surface area (Å²) in [6.45, 7) is 4.39. The predicted molar refractivity (Wildman–Crippen MR) is 65.2 cm³/mol. The highest BCUT2D eigenvalue weighted by Crippen LogP contribution is 2.36. The van der Waals surface area contributed by atoms with Crippen LogP contribution in [-0.2, 0) is 5.33 Å². The first-order valence-corrected chi connectivity index (χ1v) is 6.71. The lowest BCUT2D eigenvalue weighted by molar-refractivity contribution is 0.584. The van der Waals surface area contributed by atoms with Gasteiger partial charge in [-0.3, -0.25) is 0 Å². The Balaban J connectivity index is 2.19. The molecule has 1 aromatic rings. The molecule has 1 aliphatic rings. The highest BCUT2D eigenvalue weighted by Gasteiger charge is 2.25. The van der Waals surface area contributed by atoms with E-state index >= 15 is 0 Å². The number of aromatic nitrogens is 2. The summed E-state index contributed by atoms with van der Waals surface area (Å²) < 4.78 is 0. The van der Waals surface area contributed by atoms with Gasteiger partial charge in [0.2, 0.25) is 0 Å². The summed E-state index contributed by atoms with van der Waals surface area (Å²) in [5, 5.41) is 0.847. The highest BCUT2D eigenvalue weighted by atomic mass is 79.9. The van der Waals surface area contributed by atoms with Gasteiger partial charge in [0.05, 0.1) is 0 Å². The molecule has 2 rings (SSSR count). The minimum absolute atomic E-state index is 0.600. The lowest BCUT2D eigenvalue weighted by atomic mass is 10.1. The van der Waals surface area contributed by atoms with E-state index in [2.05, 4.69) is 39.7 Å². The number of aryl methyl sites for hydroxylation is 1. The summed E-state index contributed by atoms with van der Waals surface area (Å²) in [7, 11) is 0. The Morgan fingerprint density at radius 3 is 2.80 bits per heavy atom. The predicted octanol–water partition coefficient (Wildman–Crippen LogP) is 3.58. The van der Waals surface area contributed by atoms with Crippen LogP contribution < -0.4 is 0 Å². The molecular weight excluding hydrogens is 252 g/mol. The molecule has 1 aromatic heterocycles. The molecule has 0 aromatic carbocycles. The van der Waals surface area contributed by atoms with E-state index in [4.69, 9.17) is 0 Å². The molecule has 0 spiro atoms. The van der Waals surface area contributed by atoms with Gasteiger partial charge in [-0.2, -0.15) is 0 Å². The third kappa shape index (κ3) is 2.39. The molecule has 3 heteroatoms. The fourth-order valence-corrected chi connectivity index (χ4v) is 2.83. The second-order valence-corrected chi connectivity index (χ2v) is 5.15. The molecule has 0 N–H and O–H groups in total. The van der Waals surface area contributed by atoms with Crippen molar-refractivity contribution >= 4 is 15.9 Å². The normalized spacial score (nSPS) is 25.8. The topological polar surface area (TPSA) is 25.8 Å². The van der Waals surface area contributed by atoms with Gasteiger partial charge in [0.1, 0.15) is 5.82 Å². The maximum Gasteiger partial charge on any atom is 0.131 e. The minimum Gasteiger partial charge on any atom is -0.241 e. The summed E-state index contributed by atoms with van der Waals surface area (Å²) in [4.78, 5) is 9.10. The van der Waals surface area contributed by atoms with Crippen molar-refractivity contribution in [2.24, 2.45) is 5.92 Å². The lowest BCUT2D eigenvalue weighted by Gasteiger charge is -2.10. The van der Waals surface area contributed by atoms with E-state index in [0.29, 0.717) is 5.92 Å². The van der Waals surface area contributed by atoms with Crippen LogP contribution >= 0.6 is 15.9 Å². The third-order valence-corrected chi connectivity index (χ3v) is 3.91. The van der Waals surface area contributed by atoms with Crippen LogP contribution in [0.3, 0.4) is 0 Å². The van der Waals surface area contributed by atoms with E-state index < -0.39 is 0 Å². The van der Waals surface area contributed by atoms with Crippen LogP contribution in [0.2, 0.25) is 0 Å². The van der Waals surface area contributed by atoms with E-state index in [1.54, 1.807) is 0 Å². The monoisotopic (exact) mass is 268 g/mol. The van der Waals surface area contributed by atoms with E-state index in [1.807, 2.05) is 6.20 Å². The Labute approximate surface area is 99.7 Å². The smallest absolute Gasteiger partial charge is 0.131 e. The zero-order valence-electron chi connectivity index (χ0n) is 9.33. The van der Waals surface area contributed by atoms with E-state index in [-0.39, 0.29) is 0 Å². The first kappa shape index (κ1) is 11.1. The molecule has 15 heavy (non-hydrogen) atoms. The van der Waals surface area contributed by atoms with Crippen LogP contribution in [0.25, 0.3) is 0 Å². The Morgan fingerprint density at radius 1 is 1.47 bits per heavy atom. The molecule has 0 bridgehead atoms. The van der Waals surface area contributed by atoms with Gasteiger partial charge in [-0.1, -0.05) is 22.9 Å². The average Bonchev–Trinajstić information content (AvgIpc) is 2.65. The van der Waals surface area contributed by atoms with Crippen LogP contribution in [0.15, 0.2) is 6.20 Å². The van der Waals surface area contributed by atoms with Gasteiger partial charge in [0.25, 0.3) is 0 Å². The second kappa shape index (κ2) is 4.60. The molecule has 1 heterocycles. The summed E-state index contributed by atoms with van der Waals surface area (Å²) in [5.41, 5.74) is 2.32. The largest absolute Gasteiger partial charge is 0.241 e. The standard InChI is InChI=1S/C12H17BrN2/c1-8-3-4-10(5-8)12-14-7-11(6-13)9(2)15-12/h7-8,10H,3-6H2,1-2H3. The van der Waals surface area contributed by atoms with Gasteiger partial charge in [-0.15, -0.1) is 0 Å². The maximum absolute atomic E-state index is 4.62. The van der Waals surface area contributed by atoms with Crippen molar-refractivity contribution in [2.45, 2.75) is 44.4 Å². The van der Waals surface area contributed by atoms with Crippen molar-refractivity contribution in [2.75, 3.05) is 0 Å². The molecule has 2 unspecified atom stereocenters. The zero-order chi connectivity index (χ0) is 10.8. The van der Waals surface area contributed by atoms with Gasteiger partial charge in [0.15, 0.2) is 0 Å². The zero-order valence-corrected chi connectivity index (χ0v) is 10.9. The first-order chi connectivity index (χ1) is 7.20. The van der Waals surface area contributed by atoms with Crippen LogP contribution in [0.4, 0.5) is 0 Å². The number of nitrogens with zero attached hydrogens (tertiary/aromatic N) is 2. The van der Waals surface area contributed by atoms with Crippen molar-refractivity contribution in [3.63, 3.8) is 0 Å². The maximum atomic E-state index is 4.62. The van der Waals surface area contributed by atoms with Crippen LogP contribution in [0.5, 0.6) is 0 Å². The number of alkyl halides is 1. The van der Waals surface area contributed by atoms with Gasteiger partial charge >= 0.3 is 0 Å². The molecule has 1 aliphatic carbocycles. The fourth-order valence-electron chi connectivity index (χ4n) is 2.28. The molecule has 0 radical (unpaired) electrons. The van der Waals surface area contributed by atoms with Gasteiger partial charge < -0.3 is 0 Å². The SMILES string of the molecule is Cc1nc(C2CCC(C)C2)ncc1CBr. The van der Waals surface area contributed by atoms with Crippen molar-refractivity contribution in [3.05, 3.63) is 23.3 Å². The quantitative estimate of drug-likeness (QED) is 0.767. The molecule has 0 aliphatic heterocycles. The molecule has 2 atom stereocenters. The number of halogens is 1. The Bertz CT molecular complexity index is 351. The van der Waals surface area contributed by atoms with Crippen molar-refractivity contribution < 1.29 is 0 Å². The molecule has 82 valence electrons. The third-order valence-electron chi connectivity index (χ3n) is 3.30. The average molecular weight is 269 g/mol. The Hall–Kier alpha value is -0.440. The highest BCUT2D eigenvalue weighted by molar-refractivity contribution is 9.08.